The minimum Gasteiger partial charge on any atom is -0.375 e. The zero-order chi connectivity index (χ0) is 16.4. The van der Waals surface area contributed by atoms with Crippen molar-refractivity contribution in [1.29, 1.82) is 0 Å². The standard InChI is InChI=1S/C19H22N4S/c20-19-21-17-7-6-16(12-18(17)24-19)14-23-10-8-22(9-11-23)13-15-4-2-1-3-5-15/h1-7,12H,8-11,13-14H2,(H2,20,21). The number of nitrogens with zero attached hydrogens (tertiary/aromatic N) is 3. The molecule has 3 aromatic rings. The van der Waals surface area contributed by atoms with Gasteiger partial charge >= 0.3 is 0 Å². The van der Waals surface area contributed by atoms with Gasteiger partial charge < -0.3 is 5.73 Å². The van der Waals surface area contributed by atoms with Crippen LogP contribution in [-0.4, -0.2) is 41.0 Å². The van der Waals surface area contributed by atoms with Crippen molar-refractivity contribution in [3.8, 4) is 0 Å². The van der Waals surface area contributed by atoms with Crippen LogP contribution in [0.1, 0.15) is 11.1 Å². The van der Waals surface area contributed by atoms with Gasteiger partial charge in [-0.1, -0.05) is 47.7 Å². The number of fused-ring (bicyclic) bond motifs is 1. The molecule has 1 aliphatic rings. The second kappa shape index (κ2) is 6.89. The molecule has 0 unspecified atom stereocenters. The molecule has 1 aromatic heterocycles. The molecule has 0 bridgehead atoms. The number of benzene rings is 2. The van der Waals surface area contributed by atoms with Crippen LogP contribution in [0.3, 0.4) is 0 Å². The van der Waals surface area contributed by atoms with Gasteiger partial charge in [-0.15, -0.1) is 0 Å². The van der Waals surface area contributed by atoms with Crippen molar-refractivity contribution in [3.05, 3.63) is 59.7 Å². The molecule has 1 aliphatic heterocycles. The molecule has 4 nitrogen and oxygen atoms in total. The SMILES string of the molecule is Nc1nc2ccc(CN3CCN(Cc4ccccc4)CC3)cc2s1. The monoisotopic (exact) mass is 338 g/mol. The molecular formula is C19H22N4S. The summed E-state index contributed by atoms with van der Waals surface area (Å²) in [7, 11) is 0. The van der Waals surface area contributed by atoms with Crippen LogP contribution in [0.4, 0.5) is 5.13 Å². The number of hydrogen-bond acceptors (Lipinski definition) is 5. The van der Waals surface area contributed by atoms with Gasteiger partial charge in [-0.3, -0.25) is 9.80 Å². The third-order valence-electron chi connectivity index (χ3n) is 4.59. The van der Waals surface area contributed by atoms with Crippen molar-refractivity contribution in [2.24, 2.45) is 0 Å². The van der Waals surface area contributed by atoms with Crippen LogP contribution in [0, 0.1) is 0 Å². The molecule has 0 radical (unpaired) electrons. The van der Waals surface area contributed by atoms with E-state index in [1.54, 1.807) is 11.3 Å². The topological polar surface area (TPSA) is 45.4 Å². The zero-order valence-electron chi connectivity index (χ0n) is 13.7. The van der Waals surface area contributed by atoms with Crippen molar-refractivity contribution in [1.82, 2.24) is 14.8 Å². The molecule has 2 N–H and O–H groups in total. The van der Waals surface area contributed by atoms with Gasteiger partial charge in [0, 0.05) is 39.3 Å². The van der Waals surface area contributed by atoms with Crippen molar-refractivity contribution in [2.45, 2.75) is 13.1 Å². The number of nitrogens with two attached hydrogens (primary N) is 1. The van der Waals surface area contributed by atoms with E-state index < -0.39 is 0 Å². The summed E-state index contributed by atoms with van der Waals surface area (Å²) >= 11 is 1.57. The predicted molar refractivity (Wildman–Crippen MR) is 101 cm³/mol. The quantitative estimate of drug-likeness (QED) is 0.793. The van der Waals surface area contributed by atoms with Gasteiger partial charge in [0.05, 0.1) is 10.2 Å². The van der Waals surface area contributed by atoms with Gasteiger partial charge in [0.1, 0.15) is 0 Å². The van der Waals surface area contributed by atoms with Crippen LogP contribution in [0.2, 0.25) is 0 Å². The van der Waals surface area contributed by atoms with Crippen LogP contribution in [0.15, 0.2) is 48.5 Å². The highest BCUT2D eigenvalue weighted by Crippen LogP contribution is 2.25. The molecule has 1 fully saturated rings. The second-order valence-electron chi connectivity index (χ2n) is 6.39. The smallest absolute Gasteiger partial charge is 0.181 e. The van der Waals surface area contributed by atoms with Gasteiger partial charge in [0.15, 0.2) is 5.13 Å². The van der Waals surface area contributed by atoms with Gasteiger partial charge in [-0.05, 0) is 23.3 Å². The van der Waals surface area contributed by atoms with Crippen molar-refractivity contribution in [3.63, 3.8) is 0 Å². The molecule has 0 saturated carbocycles. The Morgan fingerprint density at radius 1 is 0.875 bits per heavy atom. The normalized spacial score (nSPS) is 16.7. The Labute approximate surface area is 146 Å². The Hall–Kier alpha value is -1.95. The molecule has 0 spiro atoms. The van der Waals surface area contributed by atoms with E-state index in [4.69, 9.17) is 5.73 Å². The lowest BCUT2D eigenvalue weighted by Crippen LogP contribution is -2.45. The van der Waals surface area contributed by atoms with E-state index >= 15 is 0 Å². The second-order valence-corrected chi connectivity index (χ2v) is 7.45. The summed E-state index contributed by atoms with van der Waals surface area (Å²) in [6.45, 7) is 6.56. The predicted octanol–water partition coefficient (Wildman–Crippen LogP) is 3.20. The minimum absolute atomic E-state index is 0.650. The fourth-order valence-corrected chi connectivity index (χ4v) is 4.09. The number of piperazine rings is 1. The van der Waals surface area contributed by atoms with Crippen LogP contribution in [0.5, 0.6) is 0 Å². The molecule has 2 heterocycles. The van der Waals surface area contributed by atoms with Gasteiger partial charge in [-0.25, -0.2) is 4.98 Å². The van der Waals surface area contributed by atoms with E-state index in [1.807, 2.05) is 0 Å². The largest absolute Gasteiger partial charge is 0.375 e. The van der Waals surface area contributed by atoms with E-state index in [0.29, 0.717) is 5.13 Å². The Morgan fingerprint density at radius 2 is 1.54 bits per heavy atom. The first-order chi connectivity index (χ1) is 11.8. The first kappa shape index (κ1) is 15.6. The minimum atomic E-state index is 0.650. The summed E-state index contributed by atoms with van der Waals surface area (Å²) in [5.74, 6) is 0. The van der Waals surface area contributed by atoms with Gasteiger partial charge in [-0.2, -0.15) is 0 Å². The lowest BCUT2D eigenvalue weighted by Gasteiger charge is -2.34. The summed E-state index contributed by atoms with van der Waals surface area (Å²) in [6, 6.07) is 17.2. The molecule has 0 atom stereocenters. The summed E-state index contributed by atoms with van der Waals surface area (Å²) in [5, 5.41) is 0.650. The molecule has 0 aliphatic carbocycles. The van der Waals surface area contributed by atoms with Crippen LogP contribution < -0.4 is 5.73 Å². The van der Waals surface area contributed by atoms with E-state index in [1.165, 1.54) is 15.8 Å². The van der Waals surface area contributed by atoms with E-state index in [0.717, 1.165) is 44.8 Å². The third kappa shape index (κ3) is 3.59. The molecule has 24 heavy (non-hydrogen) atoms. The van der Waals surface area contributed by atoms with Crippen LogP contribution >= 0.6 is 11.3 Å². The maximum atomic E-state index is 5.79. The number of anilines is 1. The first-order valence-corrected chi connectivity index (χ1v) is 9.21. The van der Waals surface area contributed by atoms with Gasteiger partial charge in [0.25, 0.3) is 0 Å². The molecule has 5 heteroatoms. The van der Waals surface area contributed by atoms with E-state index in [9.17, 15) is 0 Å². The van der Waals surface area contributed by atoms with E-state index in [2.05, 4.69) is 63.3 Å². The Morgan fingerprint density at radius 3 is 2.25 bits per heavy atom. The highest BCUT2D eigenvalue weighted by molar-refractivity contribution is 7.22. The lowest BCUT2D eigenvalue weighted by molar-refractivity contribution is 0.122. The van der Waals surface area contributed by atoms with Crippen LogP contribution in [-0.2, 0) is 13.1 Å². The third-order valence-corrected chi connectivity index (χ3v) is 5.44. The summed E-state index contributed by atoms with van der Waals surface area (Å²) in [4.78, 5) is 9.40. The summed E-state index contributed by atoms with van der Waals surface area (Å²) in [5.41, 5.74) is 9.55. The average molecular weight is 338 g/mol. The Kier molecular flexibility index (Phi) is 4.47. The number of thiazole rings is 1. The Bertz CT molecular complexity index is 807. The maximum Gasteiger partial charge on any atom is 0.181 e. The average Bonchev–Trinajstić information content (AvgIpc) is 2.97. The number of hydrogen-bond donors (Lipinski definition) is 1. The fraction of sp³-hybridized carbons (Fsp3) is 0.316. The Balaban J connectivity index is 1.33. The van der Waals surface area contributed by atoms with Crippen LogP contribution in [0.25, 0.3) is 10.2 Å². The molecule has 1 saturated heterocycles. The molecule has 124 valence electrons. The van der Waals surface area contributed by atoms with Crippen molar-refractivity contribution in [2.75, 3.05) is 31.9 Å². The van der Waals surface area contributed by atoms with Gasteiger partial charge in [0.2, 0.25) is 0 Å². The van der Waals surface area contributed by atoms with Crippen molar-refractivity contribution < 1.29 is 0 Å². The highest BCUT2D eigenvalue weighted by Gasteiger charge is 2.17. The number of rotatable bonds is 4. The zero-order valence-corrected chi connectivity index (χ0v) is 14.5. The molecule has 0 amide bonds. The summed E-state index contributed by atoms with van der Waals surface area (Å²) in [6.07, 6.45) is 0. The molecular weight excluding hydrogens is 316 g/mol. The summed E-state index contributed by atoms with van der Waals surface area (Å²) < 4.78 is 1.19. The maximum absolute atomic E-state index is 5.79. The fourth-order valence-electron chi connectivity index (χ4n) is 3.29. The highest BCUT2D eigenvalue weighted by atomic mass is 32.1. The number of aromatic nitrogens is 1. The lowest BCUT2D eigenvalue weighted by atomic mass is 10.1. The first-order valence-electron chi connectivity index (χ1n) is 8.40. The number of nitrogen functional groups attached to an aromatic ring is 1. The van der Waals surface area contributed by atoms with Crippen molar-refractivity contribution >= 4 is 26.7 Å². The van der Waals surface area contributed by atoms with E-state index in [-0.39, 0.29) is 0 Å². The molecule has 2 aromatic carbocycles. The molecule has 4 rings (SSSR count).